The number of hydrogen-bond acceptors (Lipinski definition) is 10. The van der Waals surface area contributed by atoms with Gasteiger partial charge in [-0.25, -0.2) is 24.2 Å². The van der Waals surface area contributed by atoms with E-state index in [9.17, 15) is 22.6 Å². The lowest BCUT2D eigenvalue weighted by molar-refractivity contribution is -0.129. The van der Waals surface area contributed by atoms with Crippen molar-refractivity contribution in [2.24, 2.45) is 0 Å². The molecule has 37 heavy (non-hydrogen) atoms. The van der Waals surface area contributed by atoms with Crippen LogP contribution in [-0.2, 0) is 18.6 Å². The Labute approximate surface area is 220 Å². The predicted octanol–water partition coefficient (Wildman–Crippen LogP) is 3.77. The number of morpholine rings is 1. The zero-order valence-corrected chi connectivity index (χ0v) is 22.8. The number of fused-ring (bicyclic) bond motifs is 1. The third kappa shape index (κ3) is 7.94. The first-order chi connectivity index (χ1) is 17.7. The Morgan fingerprint density at radius 3 is 2.78 bits per heavy atom. The molecular weight excluding hydrogens is 556 g/mol. The van der Waals surface area contributed by atoms with Gasteiger partial charge in [-0.2, -0.15) is 24.9 Å². The lowest BCUT2D eigenvalue weighted by Crippen LogP contribution is -2.34. The van der Waals surface area contributed by atoms with Gasteiger partial charge < -0.3 is 19.7 Å². The Balaban J connectivity index is 1.45. The summed E-state index contributed by atoms with van der Waals surface area (Å²) in [7, 11) is -3.95. The van der Waals surface area contributed by atoms with E-state index in [1.165, 1.54) is 4.67 Å². The van der Waals surface area contributed by atoms with Crippen LogP contribution in [-0.4, -0.2) is 98.6 Å². The third-order valence-corrected chi connectivity index (χ3v) is 8.85. The van der Waals surface area contributed by atoms with Crippen LogP contribution in [0, 0.1) is 0 Å². The minimum Gasteiger partial charge on any atom is -0.379 e. The number of imidazole rings is 1. The van der Waals surface area contributed by atoms with Crippen molar-refractivity contribution in [3.8, 4) is 0 Å². The Kier molecular flexibility index (Phi) is 10.00. The molecule has 2 aromatic rings. The summed E-state index contributed by atoms with van der Waals surface area (Å²) in [5.41, 5.74) is 0.945. The van der Waals surface area contributed by atoms with Crippen LogP contribution in [0.25, 0.3) is 11.2 Å². The maximum absolute atomic E-state index is 12.6. The molecule has 4 heterocycles. The van der Waals surface area contributed by atoms with Gasteiger partial charge in [0, 0.05) is 31.1 Å². The van der Waals surface area contributed by atoms with Gasteiger partial charge in [-0.15, -0.1) is 0 Å². The maximum Gasteiger partial charge on any atom is 0.405 e. The van der Waals surface area contributed by atoms with Gasteiger partial charge in [0.15, 0.2) is 22.1 Å². The Morgan fingerprint density at radius 1 is 1.27 bits per heavy atom. The standard InChI is InChI=1S/C20H30F3N6O5PS2/c1-36-11-5-24-17-16-18(27-19(26-17)37-10-4-20(21,22)23)29(13-25-16)15-3-2-14(34-15)12-33-35(30,31)28-6-8-32-9-7-28/h13-15H,2-12H2,1H3,(H,30,31)(H,24,26,27)/t14-,15+/m0/s1. The quantitative estimate of drug-likeness (QED) is 0.163. The fraction of sp³-hybridized carbons (Fsp3) is 0.750. The largest absolute Gasteiger partial charge is 0.405 e. The molecule has 3 atom stereocenters. The summed E-state index contributed by atoms with van der Waals surface area (Å²) in [6.07, 6.45) is -1.35. The van der Waals surface area contributed by atoms with Crippen molar-refractivity contribution in [3.63, 3.8) is 0 Å². The molecular formula is C20H30F3N6O5PS2. The van der Waals surface area contributed by atoms with Crippen LogP contribution in [0.5, 0.6) is 0 Å². The summed E-state index contributed by atoms with van der Waals surface area (Å²) in [4.78, 5) is 23.6. The Bertz CT molecular complexity index is 1090. The van der Waals surface area contributed by atoms with Crippen molar-refractivity contribution in [2.45, 2.75) is 42.9 Å². The normalized spacial score (nSPS) is 22.9. The van der Waals surface area contributed by atoms with Gasteiger partial charge >= 0.3 is 13.9 Å². The number of nitrogens with one attached hydrogen (secondary N) is 1. The van der Waals surface area contributed by atoms with Gasteiger partial charge in [0.25, 0.3) is 0 Å². The molecule has 0 aliphatic carbocycles. The van der Waals surface area contributed by atoms with Crippen LogP contribution in [0.15, 0.2) is 11.5 Å². The van der Waals surface area contributed by atoms with E-state index >= 15 is 0 Å². The second kappa shape index (κ2) is 12.8. The molecule has 2 saturated heterocycles. The van der Waals surface area contributed by atoms with Gasteiger partial charge in [-0.1, -0.05) is 11.8 Å². The number of ether oxygens (including phenoxy) is 2. The second-order valence-corrected chi connectivity index (χ2v) is 12.3. The average Bonchev–Trinajstić information content (AvgIpc) is 3.50. The molecule has 1 unspecified atom stereocenters. The van der Waals surface area contributed by atoms with E-state index in [2.05, 4.69) is 20.3 Å². The highest BCUT2D eigenvalue weighted by molar-refractivity contribution is 7.99. The fourth-order valence-corrected chi connectivity index (χ4v) is 6.23. The molecule has 208 valence electrons. The molecule has 0 amide bonds. The van der Waals surface area contributed by atoms with E-state index in [1.807, 2.05) is 6.26 Å². The summed E-state index contributed by atoms with van der Waals surface area (Å²) in [6, 6.07) is 0. The smallest absolute Gasteiger partial charge is 0.379 e. The number of hydrogen-bond donors (Lipinski definition) is 2. The van der Waals surface area contributed by atoms with E-state index in [1.54, 1.807) is 22.7 Å². The highest BCUT2D eigenvalue weighted by Gasteiger charge is 2.35. The Morgan fingerprint density at radius 2 is 2.05 bits per heavy atom. The zero-order valence-electron chi connectivity index (χ0n) is 20.2. The first-order valence-corrected chi connectivity index (χ1v) is 15.7. The fourth-order valence-electron chi connectivity index (χ4n) is 3.91. The number of halogens is 3. The molecule has 0 aromatic carbocycles. The number of nitrogens with zero attached hydrogens (tertiary/aromatic N) is 5. The molecule has 2 aromatic heterocycles. The molecule has 0 saturated carbocycles. The van der Waals surface area contributed by atoms with Gasteiger partial charge in [0.05, 0.1) is 38.7 Å². The van der Waals surface area contributed by atoms with Crippen LogP contribution >= 0.6 is 31.3 Å². The Hall–Kier alpha value is -1.13. The minimum atomic E-state index is -4.26. The first-order valence-electron chi connectivity index (χ1n) is 11.8. The monoisotopic (exact) mass is 586 g/mol. The highest BCUT2D eigenvalue weighted by Crippen LogP contribution is 2.47. The van der Waals surface area contributed by atoms with Gasteiger partial charge in [0.1, 0.15) is 6.23 Å². The number of thioether (sulfide) groups is 2. The average molecular weight is 587 g/mol. The number of anilines is 1. The molecule has 2 N–H and O–H groups in total. The van der Waals surface area contributed by atoms with Crippen molar-refractivity contribution >= 4 is 48.3 Å². The summed E-state index contributed by atoms with van der Waals surface area (Å²) >= 11 is 2.58. The molecule has 2 fully saturated rings. The summed E-state index contributed by atoms with van der Waals surface area (Å²) in [6.45, 7) is 1.94. The van der Waals surface area contributed by atoms with Crippen LogP contribution in [0.1, 0.15) is 25.5 Å². The lowest BCUT2D eigenvalue weighted by atomic mass is 10.2. The molecule has 11 nitrogen and oxygen atoms in total. The van der Waals surface area contributed by atoms with E-state index in [0.29, 0.717) is 62.7 Å². The van der Waals surface area contributed by atoms with Crippen molar-refractivity contribution in [1.82, 2.24) is 24.2 Å². The zero-order chi connectivity index (χ0) is 26.5. The molecule has 2 aliphatic rings. The van der Waals surface area contributed by atoms with Gasteiger partial charge in [-0.3, -0.25) is 9.09 Å². The van der Waals surface area contributed by atoms with E-state index in [-0.39, 0.29) is 17.5 Å². The molecule has 0 bridgehead atoms. The molecule has 0 spiro atoms. The van der Waals surface area contributed by atoms with Gasteiger partial charge in [0.2, 0.25) is 0 Å². The van der Waals surface area contributed by atoms with E-state index in [0.717, 1.165) is 17.5 Å². The van der Waals surface area contributed by atoms with Gasteiger partial charge in [-0.05, 0) is 19.1 Å². The predicted molar refractivity (Wildman–Crippen MR) is 135 cm³/mol. The van der Waals surface area contributed by atoms with Crippen LogP contribution in [0.4, 0.5) is 19.0 Å². The topological polar surface area (TPSA) is 124 Å². The molecule has 0 radical (unpaired) electrons. The first kappa shape index (κ1) is 28.9. The third-order valence-electron chi connectivity index (χ3n) is 5.79. The van der Waals surface area contributed by atoms with Crippen LogP contribution in [0.3, 0.4) is 0 Å². The summed E-state index contributed by atoms with van der Waals surface area (Å²) < 4.78 is 70.3. The molecule has 17 heteroatoms. The SMILES string of the molecule is CSCCNc1nc(SCCC(F)(F)F)nc2c1ncn2[C@H]1CC[C@@H](COP(=O)(O)N2CCOCC2)O1. The van der Waals surface area contributed by atoms with E-state index in [4.69, 9.17) is 14.0 Å². The number of rotatable bonds is 12. The number of alkyl halides is 3. The van der Waals surface area contributed by atoms with Crippen molar-refractivity contribution in [2.75, 3.05) is 62.5 Å². The lowest BCUT2D eigenvalue weighted by Gasteiger charge is -2.30. The van der Waals surface area contributed by atoms with Crippen molar-refractivity contribution < 1.29 is 36.6 Å². The van der Waals surface area contributed by atoms with Crippen molar-refractivity contribution in [1.29, 1.82) is 0 Å². The maximum atomic E-state index is 12.6. The van der Waals surface area contributed by atoms with Crippen LogP contribution in [0.2, 0.25) is 0 Å². The molecule has 4 rings (SSSR count). The summed E-state index contributed by atoms with van der Waals surface area (Å²) in [5, 5.41) is 3.42. The van der Waals surface area contributed by atoms with Crippen LogP contribution < -0.4 is 5.32 Å². The number of aromatic nitrogens is 4. The molecule has 2 aliphatic heterocycles. The minimum absolute atomic E-state index is 0.0523. The second-order valence-electron chi connectivity index (χ2n) is 8.45. The van der Waals surface area contributed by atoms with Crippen molar-refractivity contribution in [3.05, 3.63) is 6.33 Å². The van der Waals surface area contributed by atoms with E-state index < -0.39 is 32.7 Å². The summed E-state index contributed by atoms with van der Waals surface area (Å²) in [5.74, 6) is 1.07. The highest BCUT2D eigenvalue weighted by atomic mass is 32.2.